The molecule has 0 heterocycles. The molecule has 0 spiro atoms. The van der Waals surface area contributed by atoms with Crippen LogP contribution in [0.3, 0.4) is 0 Å². The molecule has 0 aliphatic carbocycles. The highest BCUT2D eigenvalue weighted by atomic mass is 16.5. The first-order chi connectivity index (χ1) is 9.13. The molecule has 3 nitrogen and oxygen atoms in total. The van der Waals surface area contributed by atoms with Crippen LogP contribution in [0, 0.1) is 6.92 Å². The van der Waals surface area contributed by atoms with E-state index < -0.39 is 6.04 Å². The Hall–Kier alpha value is -1.87. The Morgan fingerprint density at radius 3 is 2.58 bits per heavy atom. The third-order valence-electron chi connectivity index (χ3n) is 3.26. The molecular weight excluding hydrogens is 238 g/mol. The van der Waals surface area contributed by atoms with Crippen molar-refractivity contribution in [2.24, 2.45) is 5.73 Å². The lowest BCUT2D eigenvalue weighted by Gasteiger charge is -2.13. The predicted molar refractivity (Wildman–Crippen MR) is 77.0 cm³/mol. The van der Waals surface area contributed by atoms with Crippen LogP contribution < -0.4 is 5.73 Å². The molecule has 0 aromatic heterocycles. The minimum atomic E-state index is -0.605. The summed E-state index contributed by atoms with van der Waals surface area (Å²) in [4.78, 5) is 11.6. The number of rotatable bonds is 4. The Labute approximate surface area is 113 Å². The van der Waals surface area contributed by atoms with E-state index in [2.05, 4.69) is 25.1 Å². The van der Waals surface area contributed by atoms with Gasteiger partial charge >= 0.3 is 5.97 Å². The summed E-state index contributed by atoms with van der Waals surface area (Å²) in [5, 5.41) is 2.36. The smallest absolute Gasteiger partial charge is 0.323 e. The van der Waals surface area contributed by atoms with Gasteiger partial charge < -0.3 is 10.5 Å². The van der Waals surface area contributed by atoms with E-state index in [-0.39, 0.29) is 5.97 Å². The third-order valence-corrected chi connectivity index (χ3v) is 3.26. The largest absolute Gasteiger partial charge is 0.465 e. The van der Waals surface area contributed by atoms with Crippen LogP contribution in [0.4, 0.5) is 0 Å². The molecule has 0 aliphatic rings. The van der Waals surface area contributed by atoms with Crippen molar-refractivity contribution in [3.05, 3.63) is 47.5 Å². The van der Waals surface area contributed by atoms with Crippen LogP contribution in [0.25, 0.3) is 10.8 Å². The summed E-state index contributed by atoms with van der Waals surface area (Å²) in [6.07, 6.45) is 0.500. The summed E-state index contributed by atoms with van der Waals surface area (Å²) in [6.45, 7) is 4.23. The number of fused-ring (bicyclic) bond motifs is 1. The molecule has 0 saturated heterocycles. The number of hydrogen-bond acceptors (Lipinski definition) is 3. The Morgan fingerprint density at radius 2 is 1.89 bits per heavy atom. The molecule has 2 rings (SSSR count). The molecule has 0 saturated carbocycles. The SMILES string of the molecule is CCOC(=O)C(N)Cc1ccc(C)c2ccccc12. The first-order valence-corrected chi connectivity index (χ1v) is 6.53. The van der Waals surface area contributed by atoms with Gasteiger partial charge in [-0.15, -0.1) is 0 Å². The Kier molecular flexibility index (Phi) is 4.17. The average molecular weight is 257 g/mol. The van der Waals surface area contributed by atoms with Gasteiger partial charge in [0.2, 0.25) is 0 Å². The number of carbonyl (C=O) groups excluding carboxylic acids is 1. The molecule has 2 N–H and O–H groups in total. The lowest BCUT2D eigenvalue weighted by molar-refractivity contribution is -0.144. The zero-order valence-corrected chi connectivity index (χ0v) is 11.3. The summed E-state index contributed by atoms with van der Waals surface area (Å²) in [5.74, 6) is -0.341. The van der Waals surface area contributed by atoms with Crippen molar-refractivity contribution in [1.82, 2.24) is 0 Å². The van der Waals surface area contributed by atoms with Crippen LogP contribution in [0.1, 0.15) is 18.1 Å². The monoisotopic (exact) mass is 257 g/mol. The molecule has 0 fully saturated rings. The molecule has 1 unspecified atom stereocenters. The van der Waals surface area contributed by atoms with Crippen LogP contribution in [0.2, 0.25) is 0 Å². The first kappa shape index (κ1) is 13.6. The number of hydrogen-bond donors (Lipinski definition) is 1. The van der Waals surface area contributed by atoms with Gasteiger partial charge in [-0.1, -0.05) is 36.4 Å². The minimum absolute atomic E-state index is 0.341. The number of aryl methyl sites for hydroxylation is 1. The van der Waals surface area contributed by atoms with Crippen molar-refractivity contribution in [2.45, 2.75) is 26.3 Å². The predicted octanol–water partition coefficient (Wildman–Crippen LogP) is 2.58. The molecule has 2 aromatic rings. The first-order valence-electron chi connectivity index (χ1n) is 6.53. The number of benzene rings is 2. The Morgan fingerprint density at radius 1 is 1.21 bits per heavy atom. The van der Waals surface area contributed by atoms with E-state index in [1.165, 1.54) is 10.9 Å². The number of ether oxygens (including phenoxy) is 1. The molecule has 0 aliphatic heterocycles. The molecule has 19 heavy (non-hydrogen) atoms. The highest BCUT2D eigenvalue weighted by molar-refractivity contribution is 5.89. The molecular formula is C16H19NO2. The van der Waals surface area contributed by atoms with Gasteiger partial charge in [0, 0.05) is 0 Å². The summed E-state index contributed by atoms with van der Waals surface area (Å²) >= 11 is 0. The third kappa shape index (κ3) is 2.93. The lowest BCUT2D eigenvalue weighted by Crippen LogP contribution is -2.34. The fourth-order valence-electron chi connectivity index (χ4n) is 2.26. The van der Waals surface area contributed by atoms with Crippen molar-refractivity contribution < 1.29 is 9.53 Å². The van der Waals surface area contributed by atoms with Crippen LogP contribution >= 0.6 is 0 Å². The summed E-state index contributed by atoms with van der Waals surface area (Å²) in [7, 11) is 0. The summed E-state index contributed by atoms with van der Waals surface area (Å²) in [6, 6.07) is 11.7. The number of esters is 1. The van der Waals surface area contributed by atoms with Crippen molar-refractivity contribution >= 4 is 16.7 Å². The maximum atomic E-state index is 11.6. The van der Waals surface area contributed by atoms with Crippen LogP contribution in [-0.4, -0.2) is 18.6 Å². The quantitative estimate of drug-likeness (QED) is 0.856. The van der Waals surface area contributed by atoms with E-state index in [1.54, 1.807) is 6.92 Å². The van der Waals surface area contributed by atoms with E-state index in [0.717, 1.165) is 10.9 Å². The van der Waals surface area contributed by atoms with Gasteiger partial charge in [-0.05, 0) is 42.2 Å². The van der Waals surface area contributed by atoms with E-state index >= 15 is 0 Å². The summed E-state index contributed by atoms with van der Waals surface area (Å²) in [5.41, 5.74) is 8.20. The lowest BCUT2D eigenvalue weighted by atomic mass is 9.96. The topological polar surface area (TPSA) is 52.3 Å². The van der Waals surface area contributed by atoms with Crippen molar-refractivity contribution in [1.29, 1.82) is 0 Å². The molecule has 0 amide bonds. The molecule has 3 heteroatoms. The highest BCUT2D eigenvalue weighted by Gasteiger charge is 2.16. The zero-order chi connectivity index (χ0) is 13.8. The molecule has 100 valence electrons. The van der Waals surface area contributed by atoms with Gasteiger partial charge in [-0.25, -0.2) is 0 Å². The van der Waals surface area contributed by atoms with Gasteiger partial charge in [0.25, 0.3) is 0 Å². The standard InChI is InChI=1S/C16H19NO2/c1-3-19-16(18)15(17)10-12-9-8-11(2)13-6-4-5-7-14(12)13/h4-9,15H,3,10,17H2,1-2H3. The zero-order valence-electron chi connectivity index (χ0n) is 11.3. The Bertz CT molecular complexity index is 592. The molecule has 0 bridgehead atoms. The van der Waals surface area contributed by atoms with E-state index in [0.29, 0.717) is 13.0 Å². The average Bonchev–Trinajstić information content (AvgIpc) is 2.42. The minimum Gasteiger partial charge on any atom is -0.465 e. The highest BCUT2D eigenvalue weighted by Crippen LogP contribution is 2.23. The van der Waals surface area contributed by atoms with Crippen molar-refractivity contribution in [2.75, 3.05) is 6.61 Å². The van der Waals surface area contributed by atoms with Gasteiger partial charge in [0.15, 0.2) is 0 Å². The maximum absolute atomic E-state index is 11.6. The Balaban J connectivity index is 2.31. The van der Waals surface area contributed by atoms with Gasteiger partial charge in [-0.3, -0.25) is 4.79 Å². The van der Waals surface area contributed by atoms with Crippen molar-refractivity contribution in [3.63, 3.8) is 0 Å². The van der Waals surface area contributed by atoms with E-state index in [4.69, 9.17) is 10.5 Å². The number of carbonyl (C=O) groups is 1. The van der Waals surface area contributed by atoms with Crippen LogP contribution in [-0.2, 0) is 16.0 Å². The fraction of sp³-hybridized carbons (Fsp3) is 0.312. The summed E-state index contributed by atoms with van der Waals surface area (Å²) < 4.78 is 4.95. The van der Waals surface area contributed by atoms with Gasteiger partial charge in [-0.2, -0.15) is 0 Å². The maximum Gasteiger partial charge on any atom is 0.323 e. The van der Waals surface area contributed by atoms with Gasteiger partial charge in [0.1, 0.15) is 6.04 Å². The number of nitrogens with two attached hydrogens (primary N) is 1. The van der Waals surface area contributed by atoms with E-state index in [9.17, 15) is 4.79 Å². The van der Waals surface area contributed by atoms with Crippen LogP contribution in [0.15, 0.2) is 36.4 Å². The van der Waals surface area contributed by atoms with Crippen LogP contribution in [0.5, 0.6) is 0 Å². The normalized spacial score (nSPS) is 12.4. The molecule has 0 radical (unpaired) electrons. The fourth-order valence-corrected chi connectivity index (χ4v) is 2.26. The second-order valence-electron chi connectivity index (χ2n) is 4.65. The van der Waals surface area contributed by atoms with Crippen molar-refractivity contribution in [3.8, 4) is 0 Å². The molecule has 2 aromatic carbocycles. The molecule has 1 atom stereocenters. The second kappa shape index (κ2) is 5.85. The second-order valence-corrected chi connectivity index (χ2v) is 4.65. The van der Waals surface area contributed by atoms with E-state index in [1.807, 2.05) is 18.2 Å². The van der Waals surface area contributed by atoms with Gasteiger partial charge in [0.05, 0.1) is 6.61 Å².